The Morgan fingerprint density at radius 3 is 2.31 bits per heavy atom. The molecule has 2 aromatic rings. The van der Waals surface area contributed by atoms with E-state index in [1.165, 1.54) is 0 Å². The highest BCUT2D eigenvalue weighted by molar-refractivity contribution is 9.10. The van der Waals surface area contributed by atoms with Gasteiger partial charge in [0.2, 0.25) is 0 Å². The number of benzene rings is 2. The van der Waals surface area contributed by atoms with Gasteiger partial charge in [-0.25, -0.2) is 0 Å². The molecule has 0 aliphatic heterocycles. The number of esters is 1. The molecule has 3 N–H and O–H groups in total. The third-order valence-electron chi connectivity index (χ3n) is 3.50. The van der Waals surface area contributed by atoms with Crippen LogP contribution < -0.4 is 11.1 Å². The first kappa shape index (κ1) is 20.1. The molecule has 138 valence electrons. The molecule has 1 amide bonds. The highest BCUT2D eigenvalue weighted by atomic mass is 79.9. The summed E-state index contributed by atoms with van der Waals surface area (Å²) in [5.74, 6) is -0.625. The molecule has 0 aromatic heterocycles. The van der Waals surface area contributed by atoms with Crippen LogP contribution in [0.5, 0.6) is 0 Å². The Kier molecular flexibility index (Phi) is 6.56. The summed E-state index contributed by atoms with van der Waals surface area (Å²) in [6.45, 7) is 5.42. The topological polar surface area (TPSA) is 81.4 Å². The number of halogens is 1. The Morgan fingerprint density at radius 1 is 1.12 bits per heavy atom. The molecular weight excluding hydrogens is 396 g/mol. The maximum atomic E-state index is 12.3. The van der Waals surface area contributed by atoms with Crippen LogP contribution in [0.15, 0.2) is 53.0 Å². The van der Waals surface area contributed by atoms with Gasteiger partial charge in [-0.05, 0) is 73.0 Å². The zero-order valence-corrected chi connectivity index (χ0v) is 16.7. The molecule has 2 rings (SSSR count). The minimum absolute atomic E-state index is 0.198. The highest BCUT2D eigenvalue weighted by Crippen LogP contribution is 2.18. The first-order chi connectivity index (χ1) is 12.2. The van der Waals surface area contributed by atoms with Crippen LogP contribution >= 0.6 is 15.9 Å². The molecule has 0 aliphatic rings. The Morgan fingerprint density at radius 2 is 1.73 bits per heavy atom. The van der Waals surface area contributed by atoms with Gasteiger partial charge in [-0.2, -0.15) is 0 Å². The van der Waals surface area contributed by atoms with Gasteiger partial charge in [0.25, 0.3) is 5.91 Å². The molecule has 0 radical (unpaired) electrons. The molecule has 1 atom stereocenters. The van der Waals surface area contributed by atoms with Gasteiger partial charge < -0.3 is 15.8 Å². The number of hydrogen-bond donors (Lipinski definition) is 2. The Bertz CT molecular complexity index is 782. The minimum Gasteiger partial charge on any atom is -0.459 e. The smallest absolute Gasteiger partial charge is 0.323 e. The number of nitrogens with one attached hydrogen (secondary N) is 1. The van der Waals surface area contributed by atoms with Crippen molar-refractivity contribution in [3.05, 3.63) is 64.1 Å². The van der Waals surface area contributed by atoms with Crippen molar-refractivity contribution >= 4 is 33.5 Å². The van der Waals surface area contributed by atoms with Crippen LogP contribution in [0.4, 0.5) is 5.69 Å². The standard InChI is InChI=1S/C20H23BrN2O3/c1-20(2,3)26-19(25)17(22)12-13-8-10-14(11-9-13)23-18(24)15-6-4-5-7-16(15)21/h4-11,17H,12,22H2,1-3H3,(H,23,24)/t17-/m0/s1. The predicted molar refractivity (Wildman–Crippen MR) is 106 cm³/mol. The van der Waals surface area contributed by atoms with E-state index in [9.17, 15) is 9.59 Å². The van der Waals surface area contributed by atoms with Crippen molar-refractivity contribution in [2.75, 3.05) is 5.32 Å². The van der Waals surface area contributed by atoms with E-state index in [0.29, 0.717) is 17.7 Å². The van der Waals surface area contributed by atoms with Crippen molar-refractivity contribution in [1.29, 1.82) is 0 Å². The van der Waals surface area contributed by atoms with Gasteiger partial charge in [0.15, 0.2) is 0 Å². The van der Waals surface area contributed by atoms with Crippen LogP contribution in [0.3, 0.4) is 0 Å². The van der Waals surface area contributed by atoms with Crippen molar-refractivity contribution < 1.29 is 14.3 Å². The van der Waals surface area contributed by atoms with E-state index in [4.69, 9.17) is 10.5 Å². The second kappa shape index (κ2) is 8.47. The molecule has 0 unspecified atom stereocenters. The van der Waals surface area contributed by atoms with Crippen molar-refractivity contribution in [3.63, 3.8) is 0 Å². The first-order valence-corrected chi connectivity index (χ1v) is 9.08. The van der Waals surface area contributed by atoms with Crippen molar-refractivity contribution in [2.24, 2.45) is 5.73 Å². The first-order valence-electron chi connectivity index (χ1n) is 8.29. The monoisotopic (exact) mass is 418 g/mol. The summed E-state index contributed by atoms with van der Waals surface area (Å²) in [5, 5.41) is 2.84. The summed E-state index contributed by atoms with van der Waals surface area (Å²) >= 11 is 3.36. The second-order valence-corrected chi connectivity index (χ2v) is 7.83. The number of anilines is 1. The Hall–Kier alpha value is -2.18. The maximum Gasteiger partial charge on any atom is 0.323 e. The number of rotatable bonds is 5. The number of carbonyl (C=O) groups excluding carboxylic acids is 2. The second-order valence-electron chi connectivity index (χ2n) is 6.97. The molecule has 2 aromatic carbocycles. The largest absolute Gasteiger partial charge is 0.459 e. The number of nitrogens with two attached hydrogens (primary N) is 1. The molecule has 0 saturated heterocycles. The Balaban J connectivity index is 1.97. The summed E-state index contributed by atoms with van der Waals surface area (Å²) in [7, 11) is 0. The zero-order valence-electron chi connectivity index (χ0n) is 15.1. The molecule has 0 saturated carbocycles. The zero-order chi connectivity index (χ0) is 19.3. The maximum absolute atomic E-state index is 12.3. The molecule has 0 spiro atoms. The van der Waals surface area contributed by atoms with Gasteiger partial charge in [-0.3, -0.25) is 9.59 Å². The van der Waals surface area contributed by atoms with Crippen LogP contribution in [0.25, 0.3) is 0 Å². The molecule has 0 fully saturated rings. The average molecular weight is 419 g/mol. The normalized spacial score (nSPS) is 12.3. The number of carbonyl (C=O) groups is 2. The average Bonchev–Trinajstić information content (AvgIpc) is 2.55. The minimum atomic E-state index is -0.727. The number of amides is 1. The van der Waals surface area contributed by atoms with Crippen molar-refractivity contribution in [3.8, 4) is 0 Å². The molecular formula is C20H23BrN2O3. The number of ether oxygens (including phenoxy) is 1. The van der Waals surface area contributed by atoms with E-state index in [-0.39, 0.29) is 5.91 Å². The molecule has 26 heavy (non-hydrogen) atoms. The van der Waals surface area contributed by atoms with E-state index in [1.807, 2.05) is 24.3 Å². The SMILES string of the molecule is CC(C)(C)OC(=O)[C@@H](N)Cc1ccc(NC(=O)c2ccccc2Br)cc1. The lowest BCUT2D eigenvalue weighted by molar-refractivity contribution is -0.156. The van der Waals surface area contributed by atoms with Crippen LogP contribution in [-0.4, -0.2) is 23.5 Å². The molecule has 6 heteroatoms. The van der Waals surface area contributed by atoms with E-state index in [2.05, 4.69) is 21.2 Å². The van der Waals surface area contributed by atoms with E-state index in [1.54, 1.807) is 45.0 Å². The fourth-order valence-electron chi connectivity index (χ4n) is 2.28. The summed E-state index contributed by atoms with van der Waals surface area (Å²) < 4.78 is 6.02. The summed E-state index contributed by atoms with van der Waals surface area (Å²) in [5.41, 5.74) is 7.47. The lowest BCUT2D eigenvalue weighted by Gasteiger charge is -2.22. The van der Waals surface area contributed by atoms with Crippen molar-refractivity contribution in [2.45, 2.75) is 38.8 Å². The quantitative estimate of drug-likeness (QED) is 0.720. The van der Waals surface area contributed by atoms with Gasteiger partial charge in [0.05, 0.1) is 5.56 Å². The molecule has 0 bridgehead atoms. The predicted octanol–water partition coefficient (Wildman–Crippen LogP) is 3.91. The molecule has 0 heterocycles. The lowest BCUT2D eigenvalue weighted by atomic mass is 10.1. The van der Waals surface area contributed by atoms with Crippen molar-refractivity contribution in [1.82, 2.24) is 0 Å². The highest BCUT2D eigenvalue weighted by Gasteiger charge is 2.22. The Labute approximate surface area is 162 Å². The third kappa shape index (κ3) is 5.97. The van der Waals surface area contributed by atoms with Gasteiger partial charge >= 0.3 is 5.97 Å². The van der Waals surface area contributed by atoms with Crippen LogP contribution in [0, 0.1) is 0 Å². The summed E-state index contributed by atoms with van der Waals surface area (Å²) in [6.07, 6.45) is 0.368. The third-order valence-corrected chi connectivity index (χ3v) is 4.19. The summed E-state index contributed by atoms with van der Waals surface area (Å²) in [6, 6.07) is 13.7. The molecule has 5 nitrogen and oxygen atoms in total. The van der Waals surface area contributed by atoms with Gasteiger partial charge in [0, 0.05) is 10.2 Å². The fraction of sp³-hybridized carbons (Fsp3) is 0.300. The van der Waals surface area contributed by atoms with E-state index in [0.717, 1.165) is 10.0 Å². The van der Waals surface area contributed by atoms with Crippen LogP contribution in [0.1, 0.15) is 36.7 Å². The fourth-order valence-corrected chi connectivity index (χ4v) is 2.75. The van der Waals surface area contributed by atoms with Crippen LogP contribution in [-0.2, 0) is 16.0 Å². The molecule has 0 aliphatic carbocycles. The van der Waals surface area contributed by atoms with Gasteiger partial charge in [-0.15, -0.1) is 0 Å². The van der Waals surface area contributed by atoms with E-state index < -0.39 is 17.6 Å². The van der Waals surface area contributed by atoms with Gasteiger partial charge in [-0.1, -0.05) is 24.3 Å². The lowest BCUT2D eigenvalue weighted by Crippen LogP contribution is -2.38. The summed E-state index contributed by atoms with van der Waals surface area (Å²) in [4.78, 5) is 24.3. The number of hydrogen-bond acceptors (Lipinski definition) is 4. The van der Waals surface area contributed by atoms with Crippen LogP contribution in [0.2, 0.25) is 0 Å². The van der Waals surface area contributed by atoms with E-state index >= 15 is 0 Å². The van der Waals surface area contributed by atoms with Gasteiger partial charge in [0.1, 0.15) is 11.6 Å².